The van der Waals surface area contributed by atoms with Crippen LogP contribution in [-0.2, 0) is 0 Å². The van der Waals surface area contributed by atoms with E-state index in [1.54, 1.807) is 18.9 Å². The van der Waals surface area contributed by atoms with Gasteiger partial charge in [-0.1, -0.05) is 34.9 Å². The molecule has 0 spiro atoms. The smallest absolute Gasteiger partial charge is 0.288 e. The van der Waals surface area contributed by atoms with E-state index in [-0.39, 0.29) is 5.56 Å². The van der Waals surface area contributed by atoms with Gasteiger partial charge < -0.3 is 14.8 Å². The zero-order chi connectivity index (χ0) is 21.5. The van der Waals surface area contributed by atoms with Gasteiger partial charge in [-0.15, -0.1) is 0 Å². The largest absolute Gasteiger partial charge is 0.497 e. The number of aromatic nitrogens is 6. The van der Waals surface area contributed by atoms with E-state index in [1.165, 1.54) is 0 Å². The maximum absolute atomic E-state index is 12.8. The molecular weight excluding hydrogens is 398 g/mol. The lowest BCUT2D eigenvalue weighted by atomic mass is 9.91. The first-order chi connectivity index (χ1) is 15.1. The Bertz CT molecular complexity index is 1330. The number of methoxy groups -OCH3 is 2. The molecule has 1 aliphatic rings. The van der Waals surface area contributed by atoms with Crippen LogP contribution >= 0.6 is 0 Å². The van der Waals surface area contributed by atoms with Gasteiger partial charge in [-0.2, -0.15) is 9.78 Å². The minimum absolute atomic E-state index is 0.336. The third-order valence-corrected chi connectivity index (χ3v) is 5.32. The second kappa shape index (κ2) is 7.24. The molecular formula is C21H19N7O3. The Labute approximate surface area is 176 Å². The van der Waals surface area contributed by atoms with Crippen molar-refractivity contribution >= 4 is 11.6 Å². The molecule has 0 saturated heterocycles. The van der Waals surface area contributed by atoms with Crippen LogP contribution in [0.25, 0.3) is 11.3 Å². The number of ether oxygens (including phenoxy) is 2. The SMILES string of the molecule is COc1ccc(OC)c(C2c3c(-c4ccc(C)cc4)n[nH]c(=O)c3Nc3nnnn32)c1. The average molecular weight is 417 g/mol. The molecule has 0 amide bonds. The Morgan fingerprint density at radius 1 is 1.06 bits per heavy atom. The molecule has 4 aromatic rings. The minimum atomic E-state index is -0.572. The number of hydrogen-bond acceptors (Lipinski definition) is 8. The first-order valence-electron chi connectivity index (χ1n) is 9.57. The summed E-state index contributed by atoms with van der Waals surface area (Å²) in [6, 6.07) is 12.8. The van der Waals surface area contributed by atoms with Crippen molar-refractivity contribution in [1.82, 2.24) is 30.4 Å². The standard InChI is InChI=1S/C21H19N7O3/c1-11-4-6-12(7-5-11)17-16-18(20(29)24-23-17)22-21-25-26-27-28(21)19(16)14-10-13(30-2)8-9-15(14)31-3/h4-10,19H,1-3H3,(H,24,29)(H,22,25,27). The van der Waals surface area contributed by atoms with Crippen molar-refractivity contribution in [3.05, 3.63) is 69.5 Å². The molecule has 1 unspecified atom stereocenters. The number of anilines is 2. The monoisotopic (exact) mass is 417 g/mol. The van der Waals surface area contributed by atoms with Crippen LogP contribution in [0.5, 0.6) is 11.5 Å². The second-order valence-electron chi connectivity index (χ2n) is 7.14. The summed E-state index contributed by atoms with van der Waals surface area (Å²) in [5.41, 5.74) is 3.92. The molecule has 0 bridgehead atoms. The highest BCUT2D eigenvalue weighted by atomic mass is 16.5. The molecule has 10 nitrogen and oxygen atoms in total. The van der Waals surface area contributed by atoms with Crippen molar-refractivity contribution in [3.63, 3.8) is 0 Å². The van der Waals surface area contributed by atoms with Crippen LogP contribution in [0.4, 0.5) is 11.6 Å². The van der Waals surface area contributed by atoms with Gasteiger partial charge in [0.05, 0.1) is 19.9 Å². The van der Waals surface area contributed by atoms with E-state index in [0.29, 0.717) is 34.4 Å². The van der Waals surface area contributed by atoms with Gasteiger partial charge in [-0.3, -0.25) is 4.79 Å². The minimum Gasteiger partial charge on any atom is -0.497 e. The first-order valence-corrected chi connectivity index (χ1v) is 9.57. The van der Waals surface area contributed by atoms with Gasteiger partial charge in [-0.05, 0) is 35.5 Å². The van der Waals surface area contributed by atoms with Gasteiger partial charge in [0.15, 0.2) is 0 Å². The molecule has 0 radical (unpaired) electrons. The van der Waals surface area contributed by atoms with Crippen molar-refractivity contribution in [1.29, 1.82) is 0 Å². The lowest BCUT2D eigenvalue weighted by Crippen LogP contribution is -2.29. The quantitative estimate of drug-likeness (QED) is 0.458. The van der Waals surface area contributed by atoms with Crippen molar-refractivity contribution in [2.24, 2.45) is 0 Å². The number of H-pyrrole nitrogens is 1. The fourth-order valence-corrected chi connectivity index (χ4v) is 3.81. The van der Waals surface area contributed by atoms with Gasteiger partial charge >= 0.3 is 0 Å². The van der Waals surface area contributed by atoms with Crippen LogP contribution in [-0.4, -0.2) is 44.6 Å². The molecule has 2 aromatic heterocycles. The molecule has 5 rings (SSSR count). The molecule has 1 aliphatic heterocycles. The molecule has 2 aromatic carbocycles. The van der Waals surface area contributed by atoms with E-state index in [1.807, 2.05) is 49.4 Å². The first kappa shape index (κ1) is 18.8. The van der Waals surface area contributed by atoms with E-state index in [9.17, 15) is 4.79 Å². The molecule has 0 saturated carbocycles. The maximum Gasteiger partial charge on any atom is 0.288 e. The Hall–Kier alpha value is -4.21. The van der Waals surface area contributed by atoms with Gasteiger partial charge in [0.2, 0.25) is 5.95 Å². The van der Waals surface area contributed by atoms with Crippen molar-refractivity contribution in [3.8, 4) is 22.8 Å². The maximum atomic E-state index is 12.8. The van der Waals surface area contributed by atoms with E-state index >= 15 is 0 Å². The molecule has 3 heterocycles. The Morgan fingerprint density at radius 2 is 1.87 bits per heavy atom. The van der Waals surface area contributed by atoms with Crippen LogP contribution in [0.3, 0.4) is 0 Å². The van der Waals surface area contributed by atoms with Crippen LogP contribution in [0.2, 0.25) is 0 Å². The number of aromatic amines is 1. The van der Waals surface area contributed by atoms with E-state index in [4.69, 9.17) is 9.47 Å². The van der Waals surface area contributed by atoms with Gasteiger partial charge in [0.25, 0.3) is 5.56 Å². The van der Waals surface area contributed by atoms with Crippen molar-refractivity contribution in [2.45, 2.75) is 13.0 Å². The van der Waals surface area contributed by atoms with Crippen LogP contribution in [0.1, 0.15) is 22.7 Å². The summed E-state index contributed by atoms with van der Waals surface area (Å²) in [6.07, 6.45) is 0. The predicted molar refractivity (Wildman–Crippen MR) is 113 cm³/mol. The van der Waals surface area contributed by atoms with Crippen molar-refractivity contribution < 1.29 is 9.47 Å². The van der Waals surface area contributed by atoms with Crippen molar-refractivity contribution in [2.75, 3.05) is 19.5 Å². The normalized spacial score (nSPS) is 14.4. The summed E-state index contributed by atoms with van der Waals surface area (Å²) in [5.74, 6) is 1.59. The highest BCUT2D eigenvalue weighted by Gasteiger charge is 2.36. The topological polar surface area (TPSA) is 120 Å². The number of benzene rings is 2. The molecule has 0 fully saturated rings. The highest BCUT2D eigenvalue weighted by Crippen LogP contribution is 2.44. The Morgan fingerprint density at radius 3 is 2.61 bits per heavy atom. The van der Waals surface area contributed by atoms with Crippen LogP contribution in [0.15, 0.2) is 47.3 Å². The fraction of sp³-hybridized carbons (Fsp3) is 0.190. The number of hydrogen-bond donors (Lipinski definition) is 2. The zero-order valence-electron chi connectivity index (χ0n) is 17.1. The van der Waals surface area contributed by atoms with Gasteiger partial charge in [-0.25, -0.2) is 5.10 Å². The second-order valence-corrected chi connectivity index (χ2v) is 7.14. The molecule has 156 valence electrons. The van der Waals surface area contributed by atoms with E-state index in [0.717, 1.165) is 16.7 Å². The number of rotatable bonds is 4. The molecule has 1 atom stereocenters. The molecule has 2 N–H and O–H groups in total. The summed E-state index contributed by atoms with van der Waals surface area (Å²) in [4.78, 5) is 12.8. The summed E-state index contributed by atoms with van der Waals surface area (Å²) in [7, 11) is 3.18. The van der Waals surface area contributed by atoms with Crippen LogP contribution < -0.4 is 20.3 Å². The molecule has 0 aliphatic carbocycles. The number of tetrazole rings is 1. The Kier molecular flexibility index (Phi) is 4.39. The highest BCUT2D eigenvalue weighted by molar-refractivity contribution is 5.76. The number of nitrogens with one attached hydrogen (secondary N) is 2. The number of aryl methyl sites for hydroxylation is 1. The number of nitrogens with zero attached hydrogens (tertiary/aromatic N) is 5. The third-order valence-electron chi connectivity index (χ3n) is 5.32. The Balaban J connectivity index is 1.84. The molecule has 31 heavy (non-hydrogen) atoms. The van der Waals surface area contributed by atoms with E-state index in [2.05, 4.69) is 31.0 Å². The number of fused-ring (bicyclic) bond motifs is 2. The van der Waals surface area contributed by atoms with E-state index < -0.39 is 6.04 Å². The fourth-order valence-electron chi connectivity index (χ4n) is 3.81. The third kappa shape index (κ3) is 3.00. The lowest BCUT2D eigenvalue weighted by Gasteiger charge is -2.29. The summed E-state index contributed by atoms with van der Waals surface area (Å²) < 4.78 is 12.7. The average Bonchev–Trinajstić information content (AvgIpc) is 3.27. The summed E-state index contributed by atoms with van der Waals surface area (Å²) >= 11 is 0. The summed E-state index contributed by atoms with van der Waals surface area (Å²) in [5, 5.41) is 22.0. The predicted octanol–water partition coefficient (Wildman–Crippen LogP) is 2.44. The van der Waals surface area contributed by atoms with Gasteiger partial charge in [0.1, 0.15) is 23.2 Å². The molecule has 10 heteroatoms. The summed E-state index contributed by atoms with van der Waals surface area (Å²) in [6.45, 7) is 2.01. The lowest BCUT2D eigenvalue weighted by molar-refractivity contribution is 0.392. The van der Waals surface area contributed by atoms with Gasteiger partial charge in [0, 0.05) is 16.7 Å². The zero-order valence-corrected chi connectivity index (χ0v) is 17.1. The van der Waals surface area contributed by atoms with Crippen LogP contribution in [0, 0.1) is 6.92 Å².